The molecule has 0 saturated carbocycles. The first kappa shape index (κ1) is 17.5. The van der Waals surface area contributed by atoms with E-state index in [1.165, 1.54) is 6.07 Å². The van der Waals surface area contributed by atoms with E-state index in [1.54, 1.807) is 25.3 Å². The fraction of sp³-hybridized carbons (Fsp3) is 0.250. The predicted octanol–water partition coefficient (Wildman–Crippen LogP) is 5.02. The lowest BCUT2D eigenvalue weighted by molar-refractivity contribution is 0.310. The third-order valence-electron chi connectivity index (χ3n) is 3.87. The molecule has 0 unspecified atom stereocenters. The predicted molar refractivity (Wildman–Crippen MR) is 103 cm³/mol. The second kappa shape index (κ2) is 8.21. The Labute approximate surface area is 154 Å². The average Bonchev–Trinajstić information content (AvgIpc) is 2.65. The molecule has 3 aromatic rings. The molecule has 5 heteroatoms. The zero-order valence-corrected chi connectivity index (χ0v) is 15.5. The van der Waals surface area contributed by atoms with Crippen molar-refractivity contribution >= 4 is 26.9 Å². The highest BCUT2D eigenvalue weighted by molar-refractivity contribution is 9.09. The van der Waals surface area contributed by atoms with E-state index in [0.717, 1.165) is 29.5 Å². The largest absolute Gasteiger partial charge is 0.497 e. The first-order chi connectivity index (χ1) is 12.2. The summed E-state index contributed by atoms with van der Waals surface area (Å²) in [5, 5.41) is 1.50. The van der Waals surface area contributed by atoms with Gasteiger partial charge in [-0.1, -0.05) is 15.9 Å². The molecule has 0 aliphatic heterocycles. The van der Waals surface area contributed by atoms with Crippen molar-refractivity contribution in [2.24, 2.45) is 0 Å². The van der Waals surface area contributed by atoms with Gasteiger partial charge in [-0.15, -0.1) is 0 Å². The van der Waals surface area contributed by atoms with Gasteiger partial charge in [-0.3, -0.25) is 4.79 Å². The third kappa shape index (κ3) is 4.23. The third-order valence-corrected chi connectivity index (χ3v) is 4.43. The highest BCUT2D eigenvalue weighted by Gasteiger charge is 2.08. The van der Waals surface area contributed by atoms with Crippen LogP contribution in [0.25, 0.3) is 22.3 Å². The van der Waals surface area contributed by atoms with Gasteiger partial charge in [-0.25, -0.2) is 0 Å². The number of methoxy groups -OCH3 is 1. The fourth-order valence-corrected chi connectivity index (χ4v) is 2.90. The van der Waals surface area contributed by atoms with Gasteiger partial charge in [-0.05, 0) is 55.3 Å². The molecular formula is C20H19BrO4. The van der Waals surface area contributed by atoms with E-state index in [0.29, 0.717) is 29.1 Å². The summed E-state index contributed by atoms with van der Waals surface area (Å²) in [6.45, 7) is 0.692. The van der Waals surface area contributed by atoms with Gasteiger partial charge >= 0.3 is 0 Å². The molecule has 1 heterocycles. The summed E-state index contributed by atoms with van der Waals surface area (Å²) in [7, 11) is 1.57. The number of halogens is 1. The molecule has 0 atom stereocenters. The maximum atomic E-state index is 12.4. The molecule has 0 radical (unpaired) electrons. The standard InChI is InChI=1S/C20H19BrO4/c1-23-16-8-9-19-17(12-16)18(22)13-20(25-19)14-4-6-15(7-5-14)24-11-3-2-10-21/h4-9,12-13H,2-3,10-11H2,1H3. The molecular weight excluding hydrogens is 384 g/mol. The Morgan fingerprint density at radius 1 is 1.00 bits per heavy atom. The number of rotatable bonds is 7. The maximum absolute atomic E-state index is 12.4. The Morgan fingerprint density at radius 2 is 1.76 bits per heavy atom. The van der Waals surface area contributed by atoms with E-state index in [4.69, 9.17) is 13.9 Å². The number of benzene rings is 2. The number of hydrogen-bond donors (Lipinski definition) is 0. The van der Waals surface area contributed by atoms with Crippen LogP contribution in [-0.2, 0) is 0 Å². The summed E-state index contributed by atoms with van der Waals surface area (Å²) in [6, 6.07) is 14.3. The van der Waals surface area contributed by atoms with E-state index < -0.39 is 0 Å². The number of ether oxygens (including phenoxy) is 2. The van der Waals surface area contributed by atoms with Gasteiger partial charge in [0, 0.05) is 17.0 Å². The summed E-state index contributed by atoms with van der Waals surface area (Å²) in [5.41, 5.74) is 1.28. The van der Waals surface area contributed by atoms with E-state index in [2.05, 4.69) is 15.9 Å². The van der Waals surface area contributed by atoms with Crippen LogP contribution >= 0.6 is 15.9 Å². The number of alkyl halides is 1. The molecule has 0 bridgehead atoms. The lowest BCUT2D eigenvalue weighted by Gasteiger charge is -2.07. The smallest absolute Gasteiger partial charge is 0.193 e. The van der Waals surface area contributed by atoms with E-state index in [-0.39, 0.29) is 5.43 Å². The Morgan fingerprint density at radius 3 is 2.48 bits per heavy atom. The molecule has 130 valence electrons. The number of hydrogen-bond acceptors (Lipinski definition) is 4. The lowest BCUT2D eigenvalue weighted by Crippen LogP contribution is -2.01. The first-order valence-electron chi connectivity index (χ1n) is 8.12. The van der Waals surface area contributed by atoms with Crippen LogP contribution in [0.2, 0.25) is 0 Å². The Balaban J connectivity index is 1.83. The molecule has 1 aromatic heterocycles. The monoisotopic (exact) mass is 402 g/mol. The van der Waals surface area contributed by atoms with Crippen LogP contribution in [0.5, 0.6) is 11.5 Å². The molecule has 3 rings (SSSR count). The molecule has 0 aliphatic carbocycles. The minimum Gasteiger partial charge on any atom is -0.497 e. The lowest BCUT2D eigenvalue weighted by atomic mass is 10.1. The van der Waals surface area contributed by atoms with Crippen LogP contribution in [0.15, 0.2) is 57.7 Å². The molecule has 0 spiro atoms. The van der Waals surface area contributed by atoms with Crippen molar-refractivity contribution in [3.63, 3.8) is 0 Å². The highest BCUT2D eigenvalue weighted by atomic mass is 79.9. The van der Waals surface area contributed by atoms with Crippen molar-refractivity contribution < 1.29 is 13.9 Å². The average molecular weight is 403 g/mol. The summed E-state index contributed by atoms with van der Waals surface area (Å²) >= 11 is 3.40. The van der Waals surface area contributed by atoms with Crippen molar-refractivity contribution in [1.29, 1.82) is 0 Å². The van der Waals surface area contributed by atoms with Gasteiger partial charge in [-0.2, -0.15) is 0 Å². The SMILES string of the molecule is COc1ccc2oc(-c3ccc(OCCCCBr)cc3)cc(=O)c2c1. The van der Waals surface area contributed by atoms with E-state index in [1.807, 2.05) is 24.3 Å². The topological polar surface area (TPSA) is 48.7 Å². The van der Waals surface area contributed by atoms with Crippen LogP contribution in [0.4, 0.5) is 0 Å². The van der Waals surface area contributed by atoms with Crippen LogP contribution in [0, 0.1) is 0 Å². The molecule has 2 aromatic carbocycles. The molecule has 0 saturated heterocycles. The van der Waals surface area contributed by atoms with Crippen molar-refractivity contribution in [3.05, 3.63) is 58.8 Å². The summed E-state index contributed by atoms with van der Waals surface area (Å²) in [4.78, 5) is 12.4. The minimum absolute atomic E-state index is 0.0924. The maximum Gasteiger partial charge on any atom is 0.193 e. The zero-order chi connectivity index (χ0) is 17.6. The van der Waals surface area contributed by atoms with Crippen molar-refractivity contribution in [1.82, 2.24) is 0 Å². The van der Waals surface area contributed by atoms with Crippen LogP contribution < -0.4 is 14.9 Å². The first-order valence-corrected chi connectivity index (χ1v) is 9.24. The zero-order valence-electron chi connectivity index (χ0n) is 14.0. The van der Waals surface area contributed by atoms with Crippen molar-refractivity contribution in [3.8, 4) is 22.8 Å². The highest BCUT2D eigenvalue weighted by Crippen LogP contribution is 2.26. The fourth-order valence-electron chi connectivity index (χ4n) is 2.51. The van der Waals surface area contributed by atoms with Crippen LogP contribution in [0.3, 0.4) is 0 Å². The van der Waals surface area contributed by atoms with Crippen molar-refractivity contribution in [2.45, 2.75) is 12.8 Å². The Kier molecular flexibility index (Phi) is 5.76. The van der Waals surface area contributed by atoms with Gasteiger partial charge in [0.1, 0.15) is 22.8 Å². The molecule has 4 nitrogen and oxygen atoms in total. The van der Waals surface area contributed by atoms with E-state index >= 15 is 0 Å². The minimum atomic E-state index is -0.0924. The van der Waals surface area contributed by atoms with Gasteiger partial charge < -0.3 is 13.9 Å². The van der Waals surface area contributed by atoms with Gasteiger partial charge in [0.15, 0.2) is 5.43 Å². The summed E-state index contributed by atoms with van der Waals surface area (Å²) in [5.74, 6) is 1.98. The van der Waals surface area contributed by atoms with Gasteiger partial charge in [0.25, 0.3) is 0 Å². The second-order valence-electron chi connectivity index (χ2n) is 5.61. The Bertz CT molecular complexity index is 900. The van der Waals surface area contributed by atoms with E-state index in [9.17, 15) is 4.79 Å². The quantitative estimate of drug-likeness (QED) is 0.411. The molecule has 0 aliphatic rings. The van der Waals surface area contributed by atoms with Gasteiger partial charge in [0.05, 0.1) is 19.1 Å². The Hall–Kier alpha value is -2.27. The number of fused-ring (bicyclic) bond motifs is 1. The normalized spacial score (nSPS) is 10.8. The van der Waals surface area contributed by atoms with Gasteiger partial charge in [0.2, 0.25) is 0 Å². The summed E-state index contributed by atoms with van der Waals surface area (Å²) < 4.78 is 16.7. The number of unbranched alkanes of at least 4 members (excludes halogenated alkanes) is 1. The van der Waals surface area contributed by atoms with Crippen LogP contribution in [0.1, 0.15) is 12.8 Å². The molecule has 0 amide bonds. The molecule has 0 N–H and O–H groups in total. The van der Waals surface area contributed by atoms with Crippen molar-refractivity contribution in [2.75, 3.05) is 19.0 Å². The van der Waals surface area contributed by atoms with Crippen LogP contribution in [-0.4, -0.2) is 19.0 Å². The second-order valence-corrected chi connectivity index (χ2v) is 6.40. The summed E-state index contributed by atoms with van der Waals surface area (Å²) in [6.07, 6.45) is 2.10. The molecule has 0 fully saturated rings. The molecule has 25 heavy (non-hydrogen) atoms.